The smallest absolute Gasteiger partial charge is 0.244 e. The largest absolute Gasteiger partial charge is 0.486 e. The van der Waals surface area contributed by atoms with E-state index < -0.39 is 28.0 Å². The molecule has 10 heteroatoms. The van der Waals surface area contributed by atoms with E-state index in [0.717, 1.165) is 16.1 Å². The van der Waals surface area contributed by atoms with Crippen molar-refractivity contribution in [2.24, 2.45) is 0 Å². The molecule has 0 bridgehead atoms. The zero-order valence-corrected chi connectivity index (χ0v) is 19.0. The molecule has 7 nitrogen and oxygen atoms in total. The summed E-state index contributed by atoms with van der Waals surface area (Å²) in [5.74, 6) is 0.769. The van der Waals surface area contributed by atoms with Crippen LogP contribution in [0.2, 0.25) is 10.0 Å². The van der Waals surface area contributed by atoms with Gasteiger partial charge in [-0.15, -0.1) is 0 Å². The average Bonchev–Trinajstić information content (AvgIpc) is 2.69. The van der Waals surface area contributed by atoms with Gasteiger partial charge in [-0.2, -0.15) is 0 Å². The van der Waals surface area contributed by atoms with Crippen LogP contribution in [0.4, 0.5) is 5.69 Å². The molecule has 2 aromatic carbocycles. The number of rotatable bonds is 6. The Morgan fingerprint density at radius 2 is 1.73 bits per heavy atom. The van der Waals surface area contributed by atoms with E-state index in [1.165, 1.54) is 19.1 Å². The summed E-state index contributed by atoms with van der Waals surface area (Å²) in [6, 6.07) is 8.39. The Bertz CT molecular complexity index is 1060. The highest BCUT2D eigenvalue weighted by Gasteiger charge is 2.31. The van der Waals surface area contributed by atoms with Crippen LogP contribution < -0.4 is 19.1 Å². The lowest BCUT2D eigenvalue weighted by molar-refractivity contribution is -0.122. The first kappa shape index (κ1) is 22.5. The van der Waals surface area contributed by atoms with Crippen LogP contribution in [0.5, 0.6) is 11.5 Å². The van der Waals surface area contributed by atoms with Gasteiger partial charge in [0.1, 0.15) is 19.3 Å². The van der Waals surface area contributed by atoms with Crippen molar-refractivity contribution in [2.45, 2.75) is 25.9 Å². The fraction of sp³-hybridized carbons (Fsp3) is 0.350. The van der Waals surface area contributed by atoms with Crippen molar-refractivity contribution < 1.29 is 22.7 Å². The Hall–Kier alpha value is -2.16. The molecule has 0 aromatic heterocycles. The molecule has 0 spiro atoms. The van der Waals surface area contributed by atoms with Crippen LogP contribution in [-0.4, -0.2) is 39.8 Å². The van der Waals surface area contributed by atoms with E-state index in [2.05, 4.69) is 5.32 Å². The zero-order chi connectivity index (χ0) is 22.1. The van der Waals surface area contributed by atoms with Crippen molar-refractivity contribution >= 4 is 44.8 Å². The molecule has 3 rings (SSSR count). The second-order valence-corrected chi connectivity index (χ2v) is 9.67. The summed E-state index contributed by atoms with van der Waals surface area (Å²) in [5.41, 5.74) is 0.938. The molecule has 30 heavy (non-hydrogen) atoms. The average molecular weight is 473 g/mol. The van der Waals surface area contributed by atoms with E-state index in [0.29, 0.717) is 29.7 Å². The third-order valence-electron chi connectivity index (χ3n) is 4.66. The topological polar surface area (TPSA) is 84.9 Å². The Morgan fingerprint density at radius 1 is 1.07 bits per heavy atom. The molecule has 2 atom stereocenters. The van der Waals surface area contributed by atoms with Gasteiger partial charge in [0.25, 0.3) is 0 Å². The number of carbonyl (C=O) groups is 1. The first-order valence-corrected chi connectivity index (χ1v) is 11.8. The predicted octanol–water partition coefficient (Wildman–Crippen LogP) is 3.80. The maximum Gasteiger partial charge on any atom is 0.244 e. The van der Waals surface area contributed by atoms with Crippen LogP contribution in [0.25, 0.3) is 0 Å². The molecule has 2 aromatic rings. The van der Waals surface area contributed by atoms with E-state index in [-0.39, 0.29) is 10.7 Å². The molecule has 1 N–H and O–H groups in total. The van der Waals surface area contributed by atoms with Gasteiger partial charge in [-0.3, -0.25) is 9.10 Å². The fourth-order valence-electron chi connectivity index (χ4n) is 3.18. The number of nitrogens with one attached hydrogen (secondary N) is 1. The number of halogens is 2. The van der Waals surface area contributed by atoms with Gasteiger partial charge in [-0.05, 0) is 49.7 Å². The quantitative estimate of drug-likeness (QED) is 0.690. The van der Waals surface area contributed by atoms with E-state index in [9.17, 15) is 13.2 Å². The van der Waals surface area contributed by atoms with Crippen LogP contribution in [0.1, 0.15) is 25.5 Å². The van der Waals surface area contributed by atoms with Gasteiger partial charge in [-0.1, -0.05) is 29.3 Å². The molecule has 0 saturated heterocycles. The lowest BCUT2D eigenvalue weighted by Crippen LogP contribution is -2.48. The number of carbonyl (C=O) groups excluding carboxylic acids is 1. The van der Waals surface area contributed by atoms with Gasteiger partial charge in [0, 0.05) is 5.02 Å². The van der Waals surface area contributed by atoms with Crippen molar-refractivity contribution in [1.82, 2.24) is 5.32 Å². The highest BCUT2D eigenvalue weighted by Crippen LogP contribution is 2.34. The van der Waals surface area contributed by atoms with Gasteiger partial charge < -0.3 is 14.8 Å². The van der Waals surface area contributed by atoms with Crippen LogP contribution in [0.15, 0.2) is 36.4 Å². The van der Waals surface area contributed by atoms with Crippen molar-refractivity contribution in [3.8, 4) is 11.5 Å². The van der Waals surface area contributed by atoms with Crippen molar-refractivity contribution in [1.29, 1.82) is 0 Å². The molecule has 0 aliphatic carbocycles. The Kier molecular flexibility index (Phi) is 6.69. The number of hydrogen-bond donors (Lipinski definition) is 1. The molecule has 1 amide bonds. The molecule has 1 heterocycles. The van der Waals surface area contributed by atoms with Gasteiger partial charge in [-0.25, -0.2) is 8.42 Å². The maximum absolute atomic E-state index is 12.9. The summed E-state index contributed by atoms with van der Waals surface area (Å²) in [4.78, 5) is 12.9. The number of fused-ring (bicyclic) bond motifs is 1. The molecule has 0 unspecified atom stereocenters. The third kappa shape index (κ3) is 4.94. The molecule has 0 fully saturated rings. The second-order valence-electron chi connectivity index (χ2n) is 6.96. The van der Waals surface area contributed by atoms with Gasteiger partial charge >= 0.3 is 0 Å². The third-order valence-corrected chi connectivity index (χ3v) is 6.44. The van der Waals surface area contributed by atoms with Crippen molar-refractivity contribution in [2.75, 3.05) is 23.8 Å². The summed E-state index contributed by atoms with van der Waals surface area (Å²) >= 11 is 12.2. The number of ether oxygens (including phenoxy) is 2. The number of sulfonamides is 1. The summed E-state index contributed by atoms with van der Waals surface area (Å²) in [6.07, 6.45) is 1.01. The summed E-state index contributed by atoms with van der Waals surface area (Å²) < 4.78 is 37.0. The summed E-state index contributed by atoms with van der Waals surface area (Å²) in [6.45, 7) is 4.23. The number of hydrogen-bond acceptors (Lipinski definition) is 5. The first-order chi connectivity index (χ1) is 14.1. The zero-order valence-electron chi connectivity index (χ0n) is 16.7. The predicted molar refractivity (Wildman–Crippen MR) is 117 cm³/mol. The second kappa shape index (κ2) is 8.91. The minimum Gasteiger partial charge on any atom is -0.486 e. The Balaban J connectivity index is 1.83. The molecular formula is C20H22Cl2N2O5S. The molecule has 0 radical (unpaired) electrons. The monoisotopic (exact) mass is 472 g/mol. The number of nitrogens with zero attached hydrogens (tertiary/aromatic N) is 1. The lowest BCUT2D eigenvalue weighted by atomic mass is 10.1. The fourth-order valence-corrected chi connectivity index (χ4v) is 4.79. The van der Waals surface area contributed by atoms with Crippen LogP contribution in [-0.2, 0) is 14.8 Å². The van der Waals surface area contributed by atoms with Gasteiger partial charge in [0.2, 0.25) is 15.9 Å². The highest BCUT2D eigenvalue weighted by atomic mass is 35.5. The molecule has 1 aliphatic rings. The molecule has 1 aliphatic heterocycles. The normalized spacial score (nSPS) is 15.2. The van der Waals surface area contributed by atoms with Crippen molar-refractivity contribution in [3.05, 3.63) is 52.0 Å². The highest BCUT2D eigenvalue weighted by molar-refractivity contribution is 7.92. The maximum atomic E-state index is 12.9. The van der Waals surface area contributed by atoms with Gasteiger partial charge in [0.15, 0.2) is 11.5 Å². The molecular weight excluding hydrogens is 451 g/mol. The van der Waals surface area contributed by atoms with E-state index in [4.69, 9.17) is 32.7 Å². The SMILES string of the molecule is C[C@@H](NC(=O)[C@H](C)N(c1cc(Cl)ccc1Cl)S(C)(=O)=O)c1ccc2c(c1)OCCO2. The molecule has 162 valence electrons. The number of amides is 1. The van der Waals surface area contributed by atoms with Crippen LogP contribution in [0, 0.1) is 0 Å². The number of benzene rings is 2. The minimum atomic E-state index is -3.82. The van der Waals surface area contributed by atoms with E-state index >= 15 is 0 Å². The summed E-state index contributed by atoms with van der Waals surface area (Å²) in [5, 5.41) is 3.32. The first-order valence-electron chi connectivity index (χ1n) is 9.22. The van der Waals surface area contributed by atoms with Crippen LogP contribution >= 0.6 is 23.2 Å². The number of anilines is 1. The lowest BCUT2D eigenvalue weighted by Gasteiger charge is -2.30. The summed E-state index contributed by atoms with van der Waals surface area (Å²) in [7, 11) is -3.82. The van der Waals surface area contributed by atoms with E-state index in [1.54, 1.807) is 25.1 Å². The van der Waals surface area contributed by atoms with Gasteiger partial charge in [0.05, 0.1) is 23.0 Å². The Morgan fingerprint density at radius 3 is 2.40 bits per heavy atom. The van der Waals surface area contributed by atoms with Crippen LogP contribution in [0.3, 0.4) is 0 Å². The van der Waals surface area contributed by atoms with Crippen molar-refractivity contribution in [3.63, 3.8) is 0 Å². The minimum absolute atomic E-state index is 0.140. The van der Waals surface area contributed by atoms with E-state index in [1.807, 2.05) is 6.07 Å². The standard InChI is InChI=1S/C20H22Cl2N2O5S/c1-12(14-4-7-18-19(10-14)29-9-8-28-18)23-20(25)13(2)24(30(3,26)27)17-11-15(21)5-6-16(17)22/h4-7,10-13H,8-9H2,1-3H3,(H,23,25)/t12-,13+/m1/s1. The molecule has 0 saturated carbocycles. The Labute approximate surface area is 185 Å².